The molecule has 0 aromatic heterocycles. The maximum absolute atomic E-state index is 7.11. The number of hydrogen-bond acceptors (Lipinski definition) is 0. The first kappa shape index (κ1) is 9.05. The summed E-state index contributed by atoms with van der Waals surface area (Å²) in [4.78, 5) is 3.64. The smallest absolute Gasteiger partial charge is 0.259 e. The van der Waals surface area contributed by atoms with Crippen molar-refractivity contribution >= 4 is 27.5 Å². The lowest BCUT2D eigenvalue weighted by molar-refractivity contribution is 0.884. The van der Waals surface area contributed by atoms with Gasteiger partial charge < -0.3 is 4.85 Å². The highest BCUT2D eigenvalue weighted by Crippen LogP contribution is 2.51. The molecule has 1 fully saturated rings. The van der Waals surface area contributed by atoms with Crippen molar-refractivity contribution in [2.24, 2.45) is 0 Å². The van der Waals surface area contributed by atoms with Crippen LogP contribution in [0.15, 0.2) is 22.7 Å². The number of rotatable bonds is 1. The molecule has 1 aliphatic rings. The van der Waals surface area contributed by atoms with Crippen LogP contribution in [0.3, 0.4) is 0 Å². The van der Waals surface area contributed by atoms with E-state index in [1.165, 1.54) is 0 Å². The summed E-state index contributed by atoms with van der Waals surface area (Å²) in [7, 11) is 0. The van der Waals surface area contributed by atoms with Crippen molar-refractivity contribution in [3.63, 3.8) is 0 Å². The lowest BCUT2D eigenvalue weighted by atomic mass is 10.1. The number of benzene rings is 1. The molecule has 0 unspecified atom stereocenters. The minimum atomic E-state index is -0.294. The van der Waals surface area contributed by atoms with E-state index >= 15 is 0 Å². The van der Waals surface area contributed by atoms with Crippen LogP contribution in [0, 0.1) is 6.57 Å². The maximum atomic E-state index is 7.11. The third-order valence-corrected chi connectivity index (χ3v) is 3.18. The van der Waals surface area contributed by atoms with E-state index in [2.05, 4.69) is 20.8 Å². The first-order valence-electron chi connectivity index (χ1n) is 4.02. The fourth-order valence-corrected chi connectivity index (χ4v) is 2.28. The predicted octanol–water partition coefficient (Wildman–Crippen LogP) is 4.01. The van der Waals surface area contributed by atoms with Gasteiger partial charge in [-0.25, -0.2) is 6.57 Å². The van der Waals surface area contributed by atoms with Crippen LogP contribution in [0.1, 0.15) is 18.4 Å². The van der Waals surface area contributed by atoms with Crippen LogP contribution in [-0.2, 0) is 5.54 Å². The second kappa shape index (κ2) is 3.01. The van der Waals surface area contributed by atoms with Gasteiger partial charge in [-0.15, -0.1) is 0 Å². The number of nitrogens with zero attached hydrogens (tertiary/aromatic N) is 1. The predicted molar refractivity (Wildman–Crippen MR) is 56.7 cm³/mol. The first-order valence-corrected chi connectivity index (χ1v) is 5.19. The Morgan fingerprint density at radius 1 is 1.46 bits per heavy atom. The quantitative estimate of drug-likeness (QED) is 0.669. The molecule has 0 N–H and O–H groups in total. The van der Waals surface area contributed by atoms with E-state index in [4.69, 9.17) is 18.2 Å². The van der Waals surface area contributed by atoms with Gasteiger partial charge in [-0.3, -0.25) is 0 Å². The van der Waals surface area contributed by atoms with Crippen molar-refractivity contribution < 1.29 is 0 Å². The third-order valence-electron chi connectivity index (χ3n) is 2.37. The van der Waals surface area contributed by atoms with Crippen molar-refractivity contribution in [1.82, 2.24) is 0 Å². The summed E-state index contributed by atoms with van der Waals surface area (Å²) in [6.07, 6.45) is 1.88. The zero-order chi connectivity index (χ0) is 9.47. The maximum Gasteiger partial charge on any atom is 0.259 e. The molecule has 3 heteroatoms. The topological polar surface area (TPSA) is 4.36 Å². The van der Waals surface area contributed by atoms with Crippen LogP contribution in [0.25, 0.3) is 4.85 Å². The van der Waals surface area contributed by atoms with Crippen LogP contribution in [0.5, 0.6) is 0 Å². The van der Waals surface area contributed by atoms with E-state index < -0.39 is 0 Å². The Morgan fingerprint density at radius 3 is 2.62 bits per heavy atom. The van der Waals surface area contributed by atoms with Gasteiger partial charge in [0.1, 0.15) is 0 Å². The summed E-state index contributed by atoms with van der Waals surface area (Å²) in [6, 6.07) is 5.73. The number of halogens is 2. The highest BCUT2D eigenvalue weighted by Gasteiger charge is 2.53. The van der Waals surface area contributed by atoms with Crippen molar-refractivity contribution in [3.05, 3.63) is 44.7 Å². The van der Waals surface area contributed by atoms with Crippen LogP contribution >= 0.6 is 27.5 Å². The van der Waals surface area contributed by atoms with Gasteiger partial charge in [0.05, 0.1) is 10.6 Å². The molecule has 0 saturated heterocycles. The fourth-order valence-electron chi connectivity index (χ4n) is 1.43. The van der Waals surface area contributed by atoms with Crippen LogP contribution < -0.4 is 0 Å². The molecule has 1 nitrogen and oxygen atoms in total. The van der Waals surface area contributed by atoms with Gasteiger partial charge in [0, 0.05) is 17.3 Å². The molecule has 0 aliphatic heterocycles. The van der Waals surface area contributed by atoms with Crippen LogP contribution in [0.2, 0.25) is 5.02 Å². The van der Waals surface area contributed by atoms with Gasteiger partial charge in [0.15, 0.2) is 0 Å². The summed E-state index contributed by atoms with van der Waals surface area (Å²) in [5.74, 6) is 0. The largest absolute Gasteiger partial charge is 0.305 e. The Balaban J connectivity index is 2.48. The molecule has 0 amide bonds. The zero-order valence-electron chi connectivity index (χ0n) is 6.85. The highest BCUT2D eigenvalue weighted by atomic mass is 79.9. The van der Waals surface area contributed by atoms with Gasteiger partial charge in [0.2, 0.25) is 0 Å². The van der Waals surface area contributed by atoms with Crippen LogP contribution in [0.4, 0.5) is 0 Å². The average Bonchev–Trinajstić information content (AvgIpc) is 2.85. The van der Waals surface area contributed by atoms with Gasteiger partial charge in [-0.2, -0.15) is 0 Å². The molecular formula is C10H7BrClN. The summed E-state index contributed by atoms with van der Waals surface area (Å²) >= 11 is 9.40. The molecular weight excluding hydrogens is 249 g/mol. The Bertz CT molecular complexity index is 390. The summed E-state index contributed by atoms with van der Waals surface area (Å²) in [5.41, 5.74) is 0.685. The molecule has 1 aliphatic carbocycles. The van der Waals surface area contributed by atoms with Crippen molar-refractivity contribution in [1.29, 1.82) is 0 Å². The second-order valence-electron chi connectivity index (χ2n) is 3.27. The Labute approximate surface area is 90.7 Å². The van der Waals surface area contributed by atoms with Gasteiger partial charge in [-0.1, -0.05) is 27.5 Å². The van der Waals surface area contributed by atoms with Gasteiger partial charge in [0.25, 0.3) is 5.54 Å². The van der Waals surface area contributed by atoms with Crippen molar-refractivity contribution in [2.45, 2.75) is 18.4 Å². The SMILES string of the molecule is [C-]#[N+]C1(c2ccc(Br)cc2Cl)CC1. The summed E-state index contributed by atoms with van der Waals surface area (Å²) < 4.78 is 0.960. The van der Waals surface area contributed by atoms with E-state index in [0.29, 0.717) is 5.02 Å². The van der Waals surface area contributed by atoms with E-state index in [-0.39, 0.29) is 5.54 Å². The van der Waals surface area contributed by atoms with Crippen LogP contribution in [-0.4, -0.2) is 0 Å². The van der Waals surface area contributed by atoms with Gasteiger partial charge >= 0.3 is 0 Å². The lowest BCUT2D eigenvalue weighted by Crippen LogP contribution is -1.99. The van der Waals surface area contributed by atoms with E-state index in [0.717, 1.165) is 22.9 Å². The average molecular weight is 257 g/mol. The molecule has 1 aromatic rings. The van der Waals surface area contributed by atoms with E-state index in [9.17, 15) is 0 Å². The zero-order valence-corrected chi connectivity index (χ0v) is 9.19. The monoisotopic (exact) mass is 255 g/mol. The molecule has 0 bridgehead atoms. The summed E-state index contributed by atoms with van der Waals surface area (Å²) in [5, 5.41) is 0.697. The molecule has 0 atom stereocenters. The van der Waals surface area contributed by atoms with E-state index in [1.807, 2.05) is 18.2 Å². The van der Waals surface area contributed by atoms with Crippen molar-refractivity contribution in [2.75, 3.05) is 0 Å². The number of hydrogen-bond donors (Lipinski definition) is 0. The van der Waals surface area contributed by atoms with Gasteiger partial charge in [-0.05, 0) is 18.2 Å². The van der Waals surface area contributed by atoms with Crippen molar-refractivity contribution in [3.8, 4) is 0 Å². The molecule has 66 valence electrons. The Hall–Kier alpha value is -0.520. The third kappa shape index (κ3) is 1.47. The molecule has 0 heterocycles. The Kier molecular flexibility index (Phi) is 2.09. The molecule has 2 rings (SSSR count). The molecule has 0 radical (unpaired) electrons. The standard InChI is InChI=1S/C10H7BrClN/c1-13-10(4-5-10)8-3-2-7(11)6-9(8)12/h2-3,6H,4-5H2. The second-order valence-corrected chi connectivity index (χ2v) is 4.59. The fraction of sp³-hybridized carbons (Fsp3) is 0.300. The molecule has 1 aromatic carbocycles. The molecule has 13 heavy (non-hydrogen) atoms. The molecule has 1 saturated carbocycles. The Morgan fingerprint density at radius 2 is 2.15 bits per heavy atom. The first-order chi connectivity index (χ1) is 6.18. The minimum absolute atomic E-state index is 0.294. The normalized spacial score (nSPS) is 17.9. The minimum Gasteiger partial charge on any atom is -0.305 e. The molecule has 0 spiro atoms. The highest BCUT2D eigenvalue weighted by molar-refractivity contribution is 9.10. The van der Waals surface area contributed by atoms with E-state index in [1.54, 1.807) is 0 Å². The lowest BCUT2D eigenvalue weighted by Gasteiger charge is -2.05. The summed E-state index contributed by atoms with van der Waals surface area (Å²) in [6.45, 7) is 7.11.